The summed E-state index contributed by atoms with van der Waals surface area (Å²) in [5.41, 5.74) is 3.21. The SMILES string of the molecule is CN(CCC#N)Cc1nc2cc(Cl)ccc2n1Cc1ccccc1. The Labute approximate surface area is 146 Å². The fourth-order valence-corrected chi connectivity index (χ4v) is 2.94. The Morgan fingerprint density at radius 1 is 1.21 bits per heavy atom. The summed E-state index contributed by atoms with van der Waals surface area (Å²) >= 11 is 6.12. The highest BCUT2D eigenvalue weighted by Gasteiger charge is 2.13. The van der Waals surface area contributed by atoms with Gasteiger partial charge in [-0.1, -0.05) is 41.9 Å². The minimum atomic E-state index is 0.515. The van der Waals surface area contributed by atoms with E-state index >= 15 is 0 Å². The first-order valence-electron chi connectivity index (χ1n) is 7.91. The van der Waals surface area contributed by atoms with Gasteiger partial charge in [-0.05, 0) is 30.8 Å². The molecule has 0 aliphatic carbocycles. The molecule has 122 valence electrons. The lowest BCUT2D eigenvalue weighted by Crippen LogP contribution is -2.21. The highest BCUT2D eigenvalue weighted by molar-refractivity contribution is 6.31. The third-order valence-electron chi connectivity index (χ3n) is 3.99. The lowest BCUT2D eigenvalue weighted by Gasteiger charge is -2.16. The van der Waals surface area contributed by atoms with E-state index < -0.39 is 0 Å². The zero-order chi connectivity index (χ0) is 16.9. The summed E-state index contributed by atoms with van der Waals surface area (Å²) < 4.78 is 2.23. The molecule has 1 heterocycles. The van der Waals surface area contributed by atoms with Gasteiger partial charge >= 0.3 is 0 Å². The standard InChI is InChI=1S/C19H19ClN4/c1-23(11-5-10-21)14-19-22-17-12-16(20)8-9-18(17)24(19)13-15-6-3-2-4-7-15/h2-4,6-9,12H,5,11,13-14H2,1H3. The van der Waals surface area contributed by atoms with E-state index in [0.717, 1.165) is 29.9 Å². The van der Waals surface area contributed by atoms with Crippen LogP contribution in [0, 0.1) is 11.3 Å². The lowest BCUT2D eigenvalue weighted by molar-refractivity contribution is 0.322. The molecular weight excluding hydrogens is 320 g/mol. The minimum absolute atomic E-state index is 0.515. The van der Waals surface area contributed by atoms with Crippen LogP contribution in [0.25, 0.3) is 11.0 Å². The predicted octanol–water partition coefficient (Wildman–Crippen LogP) is 4.08. The number of fused-ring (bicyclic) bond motifs is 1. The number of imidazole rings is 1. The molecule has 1 aromatic heterocycles. The smallest absolute Gasteiger partial charge is 0.124 e. The van der Waals surface area contributed by atoms with E-state index in [1.807, 2.05) is 43.4 Å². The molecule has 0 saturated heterocycles. The van der Waals surface area contributed by atoms with Crippen molar-refractivity contribution in [2.24, 2.45) is 0 Å². The van der Waals surface area contributed by atoms with E-state index in [1.54, 1.807) is 0 Å². The summed E-state index contributed by atoms with van der Waals surface area (Å²) in [7, 11) is 2.01. The highest BCUT2D eigenvalue weighted by atomic mass is 35.5. The molecule has 0 fully saturated rings. The summed E-state index contributed by atoms with van der Waals surface area (Å²) in [6, 6.07) is 18.3. The van der Waals surface area contributed by atoms with Gasteiger partial charge in [-0.2, -0.15) is 5.26 Å². The van der Waals surface area contributed by atoms with Gasteiger partial charge < -0.3 is 4.57 Å². The van der Waals surface area contributed by atoms with Crippen LogP contribution in [0.5, 0.6) is 0 Å². The van der Waals surface area contributed by atoms with Crippen LogP contribution < -0.4 is 0 Å². The lowest BCUT2D eigenvalue weighted by atomic mass is 10.2. The van der Waals surface area contributed by atoms with Crippen molar-refractivity contribution in [1.29, 1.82) is 5.26 Å². The van der Waals surface area contributed by atoms with E-state index in [-0.39, 0.29) is 0 Å². The van der Waals surface area contributed by atoms with Gasteiger partial charge in [-0.3, -0.25) is 4.90 Å². The van der Waals surface area contributed by atoms with Gasteiger partial charge in [-0.15, -0.1) is 0 Å². The number of halogens is 1. The molecule has 0 aliphatic heterocycles. The molecule has 0 atom stereocenters. The number of rotatable bonds is 6. The molecule has 3 rings (SSSR count). The molecule has 0 unspecified atom stereocenters. The zero-order valence-electron chi connectivity index (χ0n) is 13.6. The van der Waals surface area contributed by atoms with Crippen LogP contribution in [-0.2, 0) is 13.1 Å². The summed E-state index contributed by atoms with van der Waals surface area (Å²) in [5, 5.41) is 9.45. The van der Waals surface area contributed by atoms with Crippen LogP contribution in [0.3, 0.4) is 0 Å². The van der Waals surface area contributed by atoms with Crippen molar-refractivity contribution in [2.45, 2.75) is 19.5 Å². The minimum Gasteiger partial charge on any atom is -0.322 e. The Balaban J connectivity index is 1.97. The molecule has 0 radical (unpaired) electrons. The maximum atomic E-state index is 8.76. The summed E-state index contributed by atoms with van der Waals surface area (Å²) in [5.74, 6) is 0.983. The van der Waals surface area contributed by atoms with E-state index in [0.29, 0.717) is 18.0 Å². The van der Waals surface area contributed by atoms with Crippen molar-refractivity contribution in [1.82, 2.24) is 14.5 Å². The fourth-order valence-electron chi connectivity index (χ4n) is 2.78. The number of benzene rings is 2. The van der Waals surface area contributed by atoms with Crippen molar-refractivity contribution in [3.63, 3.8) is 0 Å². The van der Waals surface area contributed by atoms with Crippen molar-refractivity contribution in [2.75, 3.05) is 13.6 Å². The Hall–Kier alpha value is -2.35. The number of hydrogen-bond donors (Lipinski definition) is 0. The monoisotopic (exact) mass is 338 g/mol. The quantitative estimate of drug-likeness (QED) is 0.680. The summed E-state index contributed by atoms with van der Waals surface area (Å²) in [6.45, 7) is 2.19. The Morgan fingerprint density at radius 3 is 2.75 bits per heavy atom. The molecule has 0 saturated carbocycles. The average molecular weight is 339 g/mol. The van der Waals surface area contributed by atoms with Crippen molar-refractivity contribution < 1.29 is 0 Å². The highest BCUT2D eigenvalue weighted by Crippen LogP contribution is 2.22. The average Bonchev–Trinajstić information content (AvgIpc) is 2.90. The molecule has 0 N–H and O–H groups in total. The van der Waals surface area contributed by atoms with Crippen molar-refractivity contribution >= 4 is 22.6 Å². The molecule has 2 aromatic carbocycles. The molecule has 0 aliphatic rings. The van der Waals surface area contributed by atoms with Gasteiger partial charge in [-0.25, -0.2) is 4.98 Å². The van der Waals surface area contributed by atoms with Gasteiger partial charge in [0.05, 0.1) is 23.6 Å². The summed E-state index contributed by atoms with van der Waals surface area (Å²) in [4.78, 5) is 6.89. The van der Waals surface area contributed by atoms with Crippen molar-refractivity contribution in [3.8, 4) is 6.07 Å². The third-order valence-corrected chi connectivity index (χ3v) is 4.22. The second-order valence-corrected chi connectivity index (χ2v) is 6.32. The van der Waals surface area contributed by atoms with Crippen LogP contribution in [0.4, 0.5) is 0 Å². The Morgan fingerprint density at radius 2 is 2.00 bits per heavy atom. The molecule has 0 spiro atoms. The van der Waals surface area contributed by atoms with Gasteiger partial charge in [0.15, 0.2) is 0 Å². The Kier molecular flexibility index (Phi) is 5.14. The molecule has 0 bridgehead atoms. The van der Waals surface area contributed by atoms with Crippen LogP contribution in [0.1, 0.15) is 17.8 Å². The maximum Gasteiger partial charge on any atom is 0.124 e. The van der Waals surface area contributed by atoms with Gasteiger partial charge in [0.2, 0.25) is 0 Å². The molecule has 4 nitrogen and oxygen atoms in total. The van der Waals surface area contributed by atoms with Gasteiger partial charge in [0, 0.05) is 24.5 Å². The number of aromatic nitrogens is 2. The van der Waals surface area contributed by atoms with E-state index in [9.17, 15) is 0 Å². The normalized spacial score (nSPS) is 11.1. The first-order chi connectivity index (χ1) is 11.7. The van der Waals surface area contributed by atoms with Crippen LogP contribution in [0.2, 0.25) is 5.02 Å². The zero-order valence-corrected chi connectivity index (χ0v) is 14.4. The molecule has 5 heteroatoms. The van der Waals surface area contributed by atoms with E-state index in [1.165, 1.54) is 5.56 Å². The predicted molar refractivity (Wildman–Crippen MR) is 96.9 cm³/mol. The van der Waals surface area contributed by atoms with Crippen LogP contribution in [-0.4, -0.2) is 28.0 Å². The first-order valence-corrected chi connectivity index (χ1v) is 8.29. The number of hydrogen-bond acceptors (Lipinski definition) is 3. The summed E-state index contributed by atoms with van der Waals surface area (Å²) in [6.07, 6.45) is 0.515. The fraction of sp³-hybridized carbons (Fsp3) is 0.263. The second-order valence-electron chi connectivity index (χ2n) is 5.88. The number of nitrogens with zero attached hydrogens (tertiary/aromatic N) is 4. The van der Waals surface area contributed by atoms with Crippen molar-refractivity contribution in [3.05, 3.63) is 64.9 Å². The van der Waals surface area contributed by atoms with Gasteiger partial charge in [0.1, 0.15) is 5.82 Å². The second kappa shape index (κ2) is 7.48. The first kappa shape index (κ1) is 16.5. The van der Waals surface area contributed by atoms with Gasteiger partial charge in [0.25, 0.3) is 0 Å². The van der Waals surface area contributed by atoms with E-state index in [4.69, 9.17) is 21.8 Å². The molecule has 0 amide bonds. The topological polar surface area (TPSA) is 44.9 Å². The number of nitriles is 1. The largest absolute Gasteiger partial charge is 0.322 e. The maximum absolute atomic E-state index is 8.76. The van der Waals surface area contributed by atoms with Crippen LogP contribution in [0.15, 0.2) is 48.5 Å². The molecule has 3 aromatic rings. The molecule has 24 heavy (non-hydrogen) atoms. The van der Waals surface area contributed by atoms with Crippen LogP contribution >= 0.6 is 11.6 Å². The third kappa shape index (κ3) is 3.76. The van der Waals surface area contributed by atoms with E-state index in [2.05, 4.69) is 27.7 Å². The Bertz CT molecular complexity index is 864. The molecular formula is C19H19ClN4.